The number of H-pyrrole nitrogens is 1. The second-order valence-corrected chi connectivity index (χ2v) is 9.79. The fourth-order valence-electron chi connectivity index (χ4n) is 5.51. The topological polar surface area (TPSA) is 129 Å². The molecule has 0 saturated carbocycles. The zero-order valence-electron chi connectivity index (χ0n) is 21.8. The molecule has 3 N–H and O–H groups in total. The number of hydrogen-bond donors (Lipinski definition) is 3. The lowest BCUT2D eigenvalue weighted by molar-refractivity contribution is -0.134. The minimum absolute atomic E-state index is 0.558. The maximum Gasteiger partial charge on any atom is 0.328 e. The number of likely N-dealkylation sites (tertiary alicyclic amines) is 1. The maximum absolute atomic E-state index is 9.55. The second kappa shape index (κ2) is 11.5. The van der Waals surface area contributed by atoms with Crippen molar-refractivity contribution in [2.45, 2.75) is 38.6 Å². The molecule has 10 nitrogen and oxygen atoms in total. The third-order valence-electron chi connectivity index (χ3n) is 7.34. The number of para-hydroxylation sites is 3. The Hall–Kier alpha value is -4.44. The average molecular weight is 529 g/mol. The van der Waals surface area contributed by atoms with E-state index in [9.17, 15) is 9.59 Å². The number of hydrogen-bond acceptors (Lipinski definition) is 5. The second-order valence-electron chi connectivity index (χ2n) is 9.79. The summed E-state index contributed by atoms with van der Waals surface area (Å²) in [4.78, 5) is 25.2. The first-order valence-electron chi connectivity index (χ1n) is 13.1. The van der Waals surface area contributed by atoms with Crippen molar-refractivity contribution in [3.05, 3.63) is 78.3 Å². The van der Waals surface area contributed by atoms with Crippen LogP contribution in [0.3, 0.4) is 0 Å². The van der Waals surface area contributed by atoms with Crippen LogP contribution < -0.4 is 0 Å². The molecular weight excluding hydrogens is 496 g/mol. The predicted molar refractivity (Wildman–Crippen MR) is 149 cm³/mol. The number of fused-ring (bicyclic) bond motifs is 4. The maximum atomic E-state index is 9.55. The number of carbonyl (C=O) groups is 2. The van der Waals surface area contributed by atoms with Crippen LogP contribution in [0.4, 0.5) is 0 Å². The molecule has 2 aromatic carbocycles. The summed E-state index contributed by atoms with van der Waals surface area (Å²) in [5.41, 5.74) is 5.20. The van der Waals surface area contributed by atoms with Gasteiger partial charge < -0.3 is 24.7 Å². The Morgan fingerprint density at radius 1 is 0.949 bits per heavy atom. The van der Waals surface area contributed by atoms with Crippen LogP contribution in [0.15, 0.2) is 66.9 Å². The summed E-state index contributed by atoms with van der Waals surface area (Å²) in [5.74, 6) is 0.0558. The lowest BCUT2D eigenvalue weighted by Gasteiger charge is -2.32. The molecule has 39 heavy (non-hydrogen) atoms. The largest absolute Gasteiger partial charge is 0.478 e. The van der Waals surface area contributed by atoms with Crippen molar-refractivity contribution in [2.75, 3.05) is 19.6 Å². The van der Waals surface area contributed by atoms with Gasteiger partial charge in [-0.1, -0.05) is 30.3 Å². The van der Waals surface area contributed by atoms with E-state index in [1.807, 2.05) is 6.92 Å². The van der Waals surface area contributed by atoms with Gasteiger partial charge in [-0.05, 0) is 75.5 Å². The van der Waals surface area contributed by atoms with Gasteiger partial charge in [-0.15, -0.1) is 10.2 Å². The number of nitrogens with zero attached hydrogens (tertiary/aromatic N) is 5. The van der Waals surface area contributed by atoms with Gasteiger partial charge in [-0.3, -0.25) is 4.40 Å². The van der Waals surface area contributed by atoms with Crippen LogP contribution in [0.1, 0.15) is 36.6 Å². The first kappa shape index (κ1) is 26.2. The van der Waals surface area contributed by atoms with Crippen molar-refractivity contribution >= 4 is 39.7 Å². The van der Waals surface area contributed by atoms with E-state index in [1.54, 1.807) is 0 Å². The van der Waals surface area contributed by atoms with Gasteiger partial charge in [0.15, 0.2) is 0 Å². The zero-order chi connectivity index (χ0) is 27.4. The van der Waals surface area contributed by atoms with Crippen LogP contribution in [0, 0.1) is 6.92 Å². The third-order valence-corrected chi connectivity index (χ3v) is 7.34. The van der Waals surface area contributed by atoms with Crippen LogP contribution in [0.25, 0.3) is 27.7 Å². The number of aromatic nitrogens is 5. The van der Waals surface area contributed by atoms with Crippen molar-refractivity contribution in [2.24, 2.45) is 0 Å². The van der Waals surface area contributed by atoms with Crippen LogP contribution >= 0.6 is 0 Å². The van der Waals surface area contributed by atoms with E-state index in [1.165, 1.54) is 53.4 Å². The Kier molecular flexibility index (Phi) is 7.74. The molecule has 6 rings (SSSR count). The highest BCUT2D eigenvalue weighted by atomic mass is 16.4. The molecule has 10 heteroatoms. The van der Waals surface area contributed by atoms with Gasteiger partial charge >= 0.3 is 11.9 Å². The summed E-state index contributed by atoms with van der Waals surface area (Å²) in [6, 6.07) is 17.2. The molecule has 1 aliphatic rings. The number of aryl methyl sites for hydroxylation is 2. The molecule has 0 bridgehead atoms. The summed E-state index contributed by atoms with van der Waals surface area (Å²) in [5, 5.41) is 25.8. The molecule has 3 aromatic heterocycles. The van der Waals surface area contributed by atoms with Crippen LogP contribution in [0.2, 0.25) is 0 Å². The zero-order valence-corrected chi connectivity index (χ0v) is 21.8. The molecule has 0 radical (unpaired) electrons. The summed E-state index contributed by atoms with van der Waals surface area (Å²) < 4.78 is 4.50. The van der Waals surface area contributed by atoms with Gasteiger partial charge in [0.1, 0.15) is 5.82 Å². The summed E-state index contributed by atoms with van der Waals surface area (Å²) >= 11 is 0. The Morgan fingerprint density at radius 3 is 2.33 bits per heavy atom. The standard InChI is InChI=1S/C25H28N6.C4H4O4/c1-18-27-28-25-30(23-9-4-5-10-24(23)31(18)25)14-6-13-29-15-11-19(12-16-29)21-17-26-22-8-3-2-7-20(21)22;5-3(6)1-2-4(7)8/h2-5,7-10,17,19,26H,6,11-16H2,1H3;1-2H,(H,5,6)(H,7,8)/b;2-1+. The number of carboxylic acid groups (broad SMARTS) is 2. The summed E-state index contributed by atoms with van der Waals surface area (Å²) in [6.45, 7) is 6.48. The summed E-state index contributed by atoms with van der Waals surface area (Å²) in [6.07, 6.45) is 6.94. The third kappa shape index (κ3) is 5.70. The first-order valence-corrected chi connectivity index (χ1v) is 13.1. The molecule has 0 amide bonds. The van der Waals surface area contributed by atoms with Crippen molar-refractivity contribution in [3.8, 4) is 0 Å². The normalized spacial score (nSPS) is 14.8. The summed E-state index contributed by atoms with van der Waals surface area (Å²) in [7, 11) is 0. The van der Waals surface area contributed by atoms with Gasteiger partial charge in [0.2, 0.25) is 5.78 Å². The smallest absolute Gasteiger partial charge is 0.328 e. The Labute approximate surface area is 225 Å². The van der Waals surface area contributed by atoms with E-state index in [-0.39, 0.29) is 0 Å². The van der Waals surface area contributed by atoms with Crippen molar-refractivity contribution in [3.63, 3.8) is 0 Å². The monoisotopic (exact) mass is 528 g/mol. The lowest BCUT2D eigenvalue weighted by atomic mass is 9.89. The van der Waals surface area contributed by atoms with Crippen LogP contribution in [-0.2, 0) is 16.1 Å². The number of benzene rings is 2. The number of imidazole rings is 1. The molecule has 1 saturated heterocycles. The number of rotatable bonds is 7. The fraction of sp³-hybridized carbons (Fsp3) is 0.310. The van der Waals surface area contributed by atoms with Crippen LogP contribution in [-0.4, -0.2) is 70.8 Å². The SMILES string of the molecule is Cc1nnc2n(CCCN3CCC(c4c[nH]c5ccccc45)CC3)c3ccccc3n12.O=C(O)/C=C/C(=O)O. The van der Waals surface area contributed by atoms with Crippen molar-refractivity contribution in [1.29, 1.82) is 0 Å². The van der Waals surface area contributed by atoms with E-state index < -0.39 is 11.9 Å². The van der Waals surface area contributed by atoms with E-state index in [0.717, 1.165) is 31.1 Å². The van der Waals surface area contributed by atoms with Gasteiger partial charge in [0.25, 0.3) is 0 Å². The molecule has 4 heterocycles. The molecule has 0 atom stereocenters. The molecule has 1 fully saturated rings. The van der Waals surface area contributed by atoms with E-state index >= 15 is 0 Å². The van der Waals surface area contributed by atoms with Gasteiger partial charge in [0.05, 0.1) is 11.0 Å². The Bertz CT molecular complexity index is 1620. The molecule has 5 aromatic rings. The molecule has 0 spiro atoms. The number of piperidine rings is 1. The van der Waals surface area contributed by atoms with E-state index in [0.29, 0.717) is 18.1 Å². The predicted octanol–water partition coefficient (Wildman–Crippen LogP) is 4.46. The average Bonchev–Trinajstić information content (AvgIpc) is 3.63. The quantitative estimate of drug-likeness (QED) is 0.266. The fourth-order valence-corrected chi connectivity index (χ4v) is 5.51. The molecular formula is C29H32N6O4. The minimum Gasteiger partial charge on any atom is -0.478 e. The van der Waals surface area contributed by atoms with Gasteiger partial charge in [-0.2, -0.15) is 0 Å². The minimum atomic E-state index is -1.26. The van der Waals surface area contributed by atoms with Crippen molar-refractivity contribution in [1.82, 2.24) is 29.0 Å². The molecule has 202 valence electrons. The van der Waals surface area contributed by atoms with Crippen LogP contribution in [0.5, 0.6) is 0 Å². The van der Waals surface area contributed by atoms with Gasteiger partial charge in [-0.25, -0.2) is 9.59 Å². The van der Waals surface area contributed by atoms with Gasteiger partial charge in [0, 0.05) is 35.8 Å². The number of nitrogens with one attached hydrogen (secondary N) is 1. The lowest BCUT2D eigenvalue weighted by Crippen LogP contribution is -2.34. The highest BCUT2D eigenvalue weighted by Crippen LogP contribution is 2.33. The van der Waals surface area contributed by atoms with E-state index in [4.69, 9.17) is 10.2 Å². The molecule has 0 unspecified atom stereocenters. The number of aliphatic carboxylic acids is 2. The first-order chi connectivity index (χ1) is 18.9. The molecule has 0 aliphatic carbocycles. The highest BCUT2D eigenvalue weighted by Gasteiger charge is 2.23. The van der Waals surface area contributed by atoms with Crippen molar-refractivity contribution < 1.29 is 19.8 Å². The van der Waals surface area contributed by atoms with E-state index in [2.05, 4.69) is 83.8 Å². The number of aromatic amines is 1. The molecule has 1 aliphatic heterocycles. The number of carboxylic acids is 2. The Morgan fingerprint density at radius 2 is 1.62 bits per heavy atom. The Balaban J connectivity index is 0.000000339. The highest BCUT2D eigenvalue weighted by molar-refractivity contribution is 5.89.